The van der Waals surface area contributed by atoms with E-state index in [1.54, 1.807) is 19.1 Å². The van der Waals surface area contributed by atoms with E-state index in [0.717, 1.165) is 0 Å². The molecule has 0 aromatic heterocycles. The third-order valence-corrected chi connectivity index (χ3v) is 4.20. The molecule has 1 rings (SSSR count). The molecule has 20 heavy (non-hydrogen) atoms. The van der Waals surface area contributed by atoms with Crippen LogP contribution in [0.4, 0.5) is 5.69 Å². The minimum atomic E-state index is -0.859. The molecule has 3 N–H and O–H groups in total. The first kappa shape index (κ1) is 16.6. The number of nitro benzene ring substituents is 1. The van der Waals surface area contributed by atoms with Gasteiger partial charge in [0.15, 0.2) is 0 Å². The zero-order chi connectivity index (χ0) is 15.5. The molecule has 0 saturated heterocycles. The molecule has 0 saturated carbocycles. The summed E-state index contributed by atoms with van der Waals surface area (Å²) in [4.78, 5) is 22.0. The Bertz CT molecular complexity index is 534. The standard InChI is InChI=1S/C13H18BrN3O3/c1-8(2)13(3,12(15)18)16-7-9-4-5-10(14)11(6-9)17(19)20/h4-6,8,16H,7H2,1-3H3,(H2,15,18). The third-order valence-electron chi connectivity index (χ3n) is 3.53. The van der Waals surface area contributed by atoms with Crippen molar-refractivity contribution in [1.82, 2.24) is 5.32 Å². The van der Waals surface area contributed by atoms with Crippen molar-refractivity contribution in [3.8, 4) is 0 Å². The maximum absolute atomic E-state index is 11.6. The Balaban J connectivity index is 2.92. The number of halogens is 1. The Morgan fingerprint density at radius 2 is 2.15 bits per heavy atom. The fraction of sp³-hybridized carbons (Fsp3) is 0.462. The molecular formula is C13H18BrN3O3. The van der Waals surface area contributed by atoms with Gasteiger partial charge in [-0.05, 0) is 40.4 Å². The Hall–Kier alpha value is -1.47. The first-order chi connectivity index (χ1) is 9.18. The van der Waals surface area contributed by atoms with E-state index in [9.17, 15) is 14.9 Å². The van der Waals surface area contributed by atoms with E-state index in [-0.39, 0.29) is 11.6 Å². The molecule has 1 atom stereocenters. The highest BCUT2D eigenvalue weighted by atomic mass is 79.9. The van der Waals surface area contributed by atoms with Gasteiger partial charge < -0.3 is 5.73 Å². The number of nitrogens with two attached hydrogens (primary N) is 1. The SMILES string of the molecule is CC(C)C(C)(NCc1ccc(Br)c([N+](=O)[O-])c1)C(N)=O. The fourth-order valence-corrected chi connectivity index (χ4v) is 2.06. The lowest BCUT2D eigenvalue weighted by molar-refractivity contribution is -0.385. The molecule has 0 aliphatic carbocycles. The van der Waals surface area contributed by atoms with Crippen molar-refractivity contribution in [3.05, 3.63) is 38.3 Å². The summed E-state index contributed by atoms with van der Waals surface area (Å²) >= 11 is 3.13. The van der Waals surface area contributed by atoms with E-state index in [4.69, 9.17) is 5.73 Å². The van der Waals surface area contributed by atoms with Gasteiger partial charge in [-0.3, -0.25) is 20.2 Å². The first-order valence-corrected chi connectivity index (χ1v) is 6.95. The molecule has 0 fully saturated rings. The lowest BCUT2D eigenvalue weighted by Gasteiger charge is -2.31. The minimum absolute atomic E-state index is 0.00498. The number of hydrogen-bond acceptors (Lipinski definition) is 4. The largest absolute Gasteiger partial charge is 0.368 e. The molecule has 7 heteroatoms. The Labute approximate surface area is 126 Å². The lowest BCUT2D eigenvalue weighted by Crippen LogP contribution is -2.56. The van der Waals surface area contributed by atoms with E-state index in [1.807, 2.05) is 13.8 Å². The maximum Gasteiger partial charge on any atom is 0.283 e. The summed E-state index contributed by atoms with van der Waals surface area (Å²) in [6.45, 7) is 5.84. The van der Waals surface area contributed by atoms with Gasteiger partial charge in [-0.1, -0.05) is 19.9 Å². The summed E-state index contributed by atoms with van der Waals surface area (Å²) < 4.78 is 0.424. The number of primary amides is 1. The molecule has 0 radical (unpaired) electrons. The number of nitrogens with zero attached hydrogens (tertiary/aromatic N) is 1. The van der Waals surface area contributed by atoms with Crippen LogP contribution in [0.25, 0.3) is 0 Å². The molecule has 1 aromatic rings. The number of carbonyl (C=O) groups excluding carboxylic acids is 1. The van der Waals surface area contributed by atoms with E-state index in [2.05, 4.69) is 21.2 Å². The summed E-state index contributed by atoms with van der Waals surface area (Å²) in [5.74, 6) is -0.440. The number of carbonyl (C=O) groups is 1. The second kappa shape index (κ2) is 6.32. The summed E-state index contributed by atoms with van der Waals surface area (Å²) in [5.41, 5.74) is 5.27. The van der Waals surface area contributed by atoms with Gasteiger partial charge in [0.2, 0.25) is 5.91 Å². The summed E-state index contributed by atoms with van der Waals surface area (Å²) in [6, 6.07) is 4.84. The monoisotopic (exact) mass is 343 g/mol. The zero-order valence-corrected chi connectivity index (χ0v) is 13.2. The van der Waals surface area contributed by atoms with Gasteiger partial charge in [-0.25, -0.2) is 0 Å². The van der Waals surface area contributed by atoms with Gasteiger partial charge in [0.25, 0.3) is 5.69 Å². The number of nitrogens with one attached hydrogen (secondary N) is 1. The zero-order valence-electron chi connectivity index (χ0n) is 11.6. The molecule has 0 aliphatic heterocycles. The maximum atomic E-state index is 11.6. The Morgan fingerprint density at radius 1 is 1.55 bits per heavy atom. The smallest absolute Gasteiger partial charge is 0.283 e. The molecule has 6 nitrogen and oxygen atoms in total. The van der Waals surface area contributed by atoms with Crippen molar-refractivity contribution in [2.75, 3.05) is 0 Å². The van der Waals surface area contributed by atoms with Crippen molar-refractivity contribution in [2.45, 2.75) is 32.9 Å². The van der Waals surface area contributed by atoms with Crippen molar-refractivity contribution in [3.63, 3.8) is 0 Å². The van der Waals surface area contributed by atoms with Crippen LogP contribution in [0.15, 0.2) is 22.7 Å². The number of hydrogen-bond donors (Lipinski definition) is 2. The van der Waals surface area contributed by atoms with Crippen LogP contribution in [0.5, 0.6) is 0 Å². The molecule has 0 aliphatic rings. The van der Waals surface area contributed by atoms with E-state index < -0.39 is 16.4 Å². The second-order valence-electron chi connectivity index (χ2n) is 5.12. The van der Waals surface area contributed by atoms with Crippen LogP contribution in [0, 0.1) is 16.0 Å². The number of benzene rings is 1. The Morgan fingerprint density at radius 3 is 2.60 bits per heavy atom. The van der Waals surface area contributed by atoms with Gasteiger partial charge in [0.1, 0.15) is 0 Å². The minimum Gasteiger partial charge on any atom is -0.368 e. The van der Waals surface area contributed by atoms with Crippen molar-refractivity contribution >= 4 is 27.5 Å². The van der Waals surface area contributed by atoms with Crippen LogP contribution in [-0.2, 0) is 11.3 Å². The van der Waals surface area contributed by atoms with Gasteiger partial charge >= 0.3 is 0 Å². The summed E-state index contributed by atoms with van der Waals surface area (Å²) in [7, 11) is 0. The molecule has 1 amide bonds. The van der Waals surface area contributed by atoms with Gasteiger partial charge in [-0.2, -0.15) is 0 Å². The Kier molecular flexibility index (Phi) is 5.24. The average Bonchev–Trinajstić information content (AvgIpc) is 2.36. The van der Waals surface area contributed by atoms with E-state index >= 15 is 0 Å². The van der Waals surface area contributed by atoms with E-state index in [1.165, 1.54) is 6.07 Å². The molecule has 1 unspecified atom stereocenters. The summed E-state index contributed by atoms with van der Waals surface area (Å²) in [5, 5.41) is 14.0. The third kappa shape index (κ3) is 3.55. The van der Waals surface area contributed by atoms with Crippen LogP contribution < -0.4 is 11.1 Å². The van der Waals surface area contributed by atoms with Crippen LogP contribution in [0.3, 0.4) is 0 Å². The normalized spacial score (nSPS) is 14.1. The highest BCUT2D eigenvalue weighted by molar-refractivity contribution is 9.10. The highest BCUT2D eigenvalue weighted by Crippen LogP contribution is 2.26. The van der Waals surface area contributed by atoms with E-state index in [0.29, 0.717) is 16.6 Å². The number of nitro groups is 1. The fourth-order valence-electron chi connectivity index (χ4n) is 1.67. The van der Waals surface area contributed by atoms with Crippen molar-refractivity contribution in [2.24, 2.45) is 11.7 Å². The van der Waals surface area contributed by atoms with Gasteiger partial charge in [-0.15, -0.1) is 0 Å². The molecule has 0 heterocycles. The van der Waals surface area contributed by atoms with Crippen LogP contribution in [-0.4, -0.2) is 16.4 Å². The van der Waals surface area contributed by atoms with Crippen LogP contribution in [0.1, 0.15) is 26.3 Å². The topological polar surface area (TPSA) is 98.3 Å². The summed E-state index contributed by atoms with van der Waals surface area (Å²) in [6.07, 6.45) is 0. The first-order valence-electron chi connectivity index (χ1n) is 6.16. The van der Waals surface area contributed by atoms with Crippen LogP contribution >= 0.6 is 15.9 Å². The van der Waals surface area contributed by atoms with Gasteiger partial charge in [0, 0.05) is 12.6 Å². The van der Waals surface area contributed by atoms with Gasteiger partial charge in [0.05, 0.1) is 14.9 Å². The molecule has 0 bridgehead atoms. The lowest BCUT2D eigenvalue weighted by atomic mass is 9.87. The quantitative estimate of drug-likeness (QED) is 0.611. The van der Waals surface area contributed by atoms with Crippen LogP contribution in [0.2, 0.25) is 0 Å². The molecule has 0 spiro atoms. The predicted molar refractivity (Wildman–Crippen MR) is 80.1 cm³/mol. The molecular weight excluding hydrogens is 326 g/mol. The number of amides is 1. The molecule has 1 aromatic carbocycles. The second-order valence-corrected chi connectivity index (χ2v) is 5.97. The average molecular weight is 344 g/mol. The van der Waals surface area contributed by atoms with Crippen molar-refractivity contribution < 1.29 is 9.72 Å². The predicted octanol–water partition coefficient (Wildman–Crippen LogP) is 2.35. The van der Waals surface area contributed by atoms with Crippen molar-refractivity contribution in [1.29, 1.82) is 0 Å². The molecule has 110 valence electrons. The number of rotatable bonds is 6. The highest BCUT2D eigenvalue weighted by Gasteiger charge is 2.34.